The van der Waals surface area contributed by atoms with Gasteiger partial charge in [0.1, 0.15) is 0 Å². The van der Waals surface area contributed by atoms with E-state index in [0.717, 1.165) is 31.5 Å². The molecule has 1 saturated heterocycles. The standard InChI is InChI=1S/C18H23F3N2O.ClH/c1-13(15-6-3-7-16(10-15)18(19,20)21)9-17(24)23-8-4-5-14(12-23)11-22-2;/h3,6-7,9-10,14,22H,4-5,8,11-12H2,1-2H3;1H/b13-9-;. The fourth-order valence-corrected chi connectivity index (χ4v) is 3.02. The molecule has 1 heterocycles. The summed E-state index contributed by atoms with van der Waals surface area (Å²) in [4.78, 5) is 14.2. The third kappa shape index (κ3) is 6.04. The van der Waals surface area contributed by atoms with Crippen molar-refractivity contribution in [2.45, 2.75) is 25.9 Å². The molecule has 0 radical (unpaired) electrons. The normalized spacial score (nSPS) is 18.7. The fraction of sp³-hybridized carbons (Fsp3) is 0.500. The smallest absolute Gasteiger partial charge is 0.339 e. The summed E-state index contributed by atoms with van der Waals surface area (Å²) in [6, 6.07) is 5.07. The number of hydrogen-bond donors (Lipinski definition) is 1. The van der Waals surface area contributed by atoms with Crippen LogP contribution in [0.4, 0.5) is 13.2 Å². The van der Waals surface area contributed by atoms with Gasteiger partial charge < -0.3 is 10.2 Å². The third-order valence-electron chi connectivity index (χ3n) is 4.31. The summed E-state index contributed by atoms with van der Waals surface area (Å²) < 4.78 is 38.4. The molecular weight excluding hydrogens is 353 g/mol. The average molecular weight is 377 g/mol. The van der Waals surface area contributed by atoms with Crippen LogP contribution in [0.2, 0.25) is 0 Å². The van der Waals surface area contributed by atoms with Crippen LogP contribution in [0.15, 0.2) is 30.3 Å². The molecule has 140 valence electrons. The molecule has 0 saturated carbocycles. The molecule has 1 atom stereocenters. The Morgan fingerprint density at radius 3 is 2.76 bits per heavy atom. The Balaban J connectivity index is 0.00000312. The molecule has 1 aromatic carbocycles. The molecule has 1 fully saturated rings. The highest BCUT2D eigenvalue weighted by Crippen LogP contribution is 2.31. The number of rotatable bonds is 4. The van der Waals surface area contributed by atoms with E-state index in [4.69, 9.17) is 0 Å². The van der Waals surface area contributed by atoms with Gasteiger partial charge in [-0.1, -0.05) is 12.1 Å². The average Bonchev–Trinajstić information content (AvgIpc) is 2.54. The van der Waals surface area contributed by atoms with E-state index in [1.165, 1.54) is 12.1 Å². The predicted octanol–water partition coefficient (Wildman–Crippen LogP) is 3.99. The number of allylic oxidation sites excluding steroid dienone is 1. The zero-order valence-electron chi connectivity index (χ0n) is 14.4. The Bertz CT molecular complexity index is 615. The highest BCUT2D eigenvalue weighted by atomic mass is 35.5. The molecule has 1 aliphatic heterocycles. The number of nitrogens with zero attached hydrogens (tertiary/aromatic N) is 1. The minimum Gasteiger partial charge on any atom is -0.339 e. The monoisotopic (exact) mass is 376 g/mol. The lowest BCUT2D eigenvalue weighted by molar-refractivity contribution is -0.137. The molecule has 1 amide bonds. The Hall–Kier alpha value is -1.53. The molecule has 0 aliphatic carbocycles. The van der Waals surface area contributed by atoms with Gasteiger partial charge >= 0.3 is 6.18 Å². The zero-order chi connectivity index (χ0) is 17.7. The molecule has 1 aromatic rings. The van der Waals surface area contributed by atoms with E-state index in [2.05, 4.69) is 5.32 Å². The van der Waals surface area contributed by atoms with E-state index in [0.29, 0.717) is 30.1 Å². The lowest BCUT2D eigenvalue weighted by atomic mass is 9.97. The number of nitrogens with one attached hydrogen (secondary N) is 1. The second-order valence-electron chi connectivity index (χ2n) is 6.26. The number of alkyl halides is 3. The van der Waals surface area contributed by atoms with Gasteiger partial charge in [-0.25, -0.2) is 0 Å². The van der Waals surface area contributed by atoms with Crippen molar-refractivity contribution in [2.75, 3.05) is 26.7 Å². The van der Waals surface area contributed by atoms with Crippen LogP contribution in [0, 0.1) is 5.92 Å². The summed E-state index contributed by atoms with van der Waals surface area (Å²) >= 11 is 0. The number of likely N-dealkylation sites (tertiary alicyclic amines) is 1. The van der Waals surface area contributed by atoms with Crippen molar-refractivity contribution in [1.29, 1.82) is 0 Å². The molecule has 1 N–H and O–H groups in total. The van der Waals surface area contributed by atoms with E-state index in [1.807, 2.05) is 7.05 Å². The van der Waals surface area contributed by atoms with Crippen molar-refractivity contribution in [1.82, 2.24) is 10.2 Å². The highest BCUT2D eigenvalue weighted by Gasteiger charge is 2.30. The van der Waals surface area contributed by atoms with Crippen molar-refractivity contribution in [3.05, 3.63) is 41.5 Å². The van der Waals surface area contributed by atoms with Crippen LogP contribution in [0.1, 0.15) is 30.9 Å². The van der Waals surface area contributed by atoms with Crippen LogP contribution in [0.25, 0.3) is 5.57 Å². The summed E-state index contributed by atoms with van der Waals surface area (Å²) in [6.07, 6.45) is -0.903. The van der Waals surface area contributed by atoms with E-state index >= 15 is 0 Å². The summed E-state index contributed by atoms with van der Waals surface area (Å²) in [5.41, 5.74) is 0.260. The van der Waals surface area contributed by atoms with Crippen molar-refractivity contribution in [2.24, 2.45) is 5.92 Å². The van der Waals surface area contributed by atoms with Crippen LogP contribution in [-0.4, -0.2) is 37.5 Å². The maximum absolute atomic E-state index is 12.8. The van der Waals surface area contributed by atoms with Gasteiger partial charge in [0.25, 0.3) is 0 Å². The largest absolute Gasteiger partial charge is 0.416 e. The Kier molecular flexibility index (Phi) is 7.96. The first-order valence-corrected chi connectivity index (χ1v) is 8.10. The maximum Gasteiger partial charge on any atom is 0.416 e. The highest BCUT2D eigenvalue weighted by molar-refractivity contribution is 5.95. The summed E-state index contributed by atoms with van der Waals surface area (Å²) in [5.74, 6) is 0.292. The van der Waals surface area contributed by atoms with Gasteiger partial charge in [0.15, 0.2) is 0 Å². The summed E-state index contributed by atoms with van der Waals surface area (Å²) in [6.45, 7) is 3.92. The van der Waals surface area contributed by atoms with Gasteiger partial charge in [0.05, 0.1) is 5.56 Å². The van der Waals surface area contributed by atoms with Crippen molar-refractivity contribution in [3.63, 3.8) is 0 Å². The molecule has 3 nitrogen and oxygen atoms in total. The van der Waals surface area contributed by atoms with Crippen molar-refractivity contribution in [3.8, 4) is 0 Å². The first kappa shape index (κ1) is 21.5. The second kappa shape index (κ2) is 9.25. The lowest BCUT2D eigenvalue weighted by Gasteiger charge is -2.32. The van der Waals surface area contributed by atoms with Crippen molar-refractivity contribution >= 4 is 23.9 Å². The fourth-order valence-electron chi connectivity index (χ4n) is 3.02. The van der Waals surface area contributed by atoms with Gasteiger partial charge in [-0.3, -0.25) is 4.79 Å². The molecule has 1 aliphatic rings. The lowest BCUT2D eigenvalue weighted by Crippen LogP contribution is -2.41. The van der Waals surface area contributed by atoms with Crippen molar-refractivity contribution < 1.29 is 18.0 Å². The number of carbonyl (C=O) groups excluding carboxylic acids is 1. The van der Waals surface area contributed by atoms with Crippen LogP contribution >= 0.6 is 12.4 Å². The Morgan fingerprint density at radius 2 is 2.12 bits per heavy atom. The topological polar surface area (TPSA) is 32.3 Å². The molecule has 0 aromatic heterocycles. The first-order chi connectivity index (χ1) is 11.3. The molecular formula is C18H24ClF3N2O. The van der Waals surface area contributed by atoms with Gasteiger partial charge in [-0.05, 0) is 62.5 Å². The zero-order valence-corrected chi connectivity index (χ0v) is 15.2. The van der Waals surface area contributed by atoms with Crippen LogP contribution in [0.3, 0.4) is 0 Å². The maximum atomic E-state index is 12.8. The number of carbonyl (C=O) groups is 1. The quantitative estimate of drug-likeness (QED) is 0.806. The Labute approximate surface area is 152 Å². The van der Waals surface area contributed by atoms with Crippen LogP contribution < -0.4 is 5.32 Å². The van der Waals surface area contributed by atoms with E-state index in [9.17, 15) is 18.0 Å². The summed E-state index contributed by atoms with van der Waals surface area (Å²) in [7, 11) is 1.89. The Morgan fingerprint density at radius 1 is 1.40 bits per heavy atom. The van der Waals surface area contributed by atoms with Gasteiger partial charge in [0.2, 0.25) is 5.91 Å². The number of benzene rings is 1. The molecule has 0 bridgehead atoms. The number of halogens is 4. The van der Waals surface area contributed by atoms with Gasteiger partial charge in [-0.15, -0.1) is 12.4 Å². The SMILES string of the molecule is CNCC1CCCN(C(=O)/C=C(/C)c2cccc(C(F)(F)F)c2)C1.Cl. The van der Waals surface area contributed by atoms with E-state index in [1.54, 1.807) is 17.9 Å². The predicted molar refractivity (Wildman–Crippen MR) is 95.6 cm³/mol. The van der Waals surface area contributed by atoms with E-state index in [-0.39, 0.29) is 18.3 Å². The second-order valence-corrected chi connectivity index (χ2v) is 6.26. The molecule has 7 heteroatoms. The number of piperidine rings is 1. The minimum absolute atomic E-state index is 0. The first-order valence-electron chi connectivity index (χ1n) is 8.10. The molecule has 1 unspecified atom stereocenters. The van der Waals surface area contributed by atoms with Gasteiger partial charge in [0, 0.05) is 19.2 Å². The molecule has 0 spiro atoms. The van der Waals surface area contributed by atoms with Crippen LogP contribution in [-0.2, 0) is 11.0 Å². The van der Waals surface area contributed by atoms with Crippen LogP contribution in [0.5, 0.6) is 0 Å². The summed E-state index contributed by atoms with van der Waals surface area (Å²) in [5, 5.41) is 3.12. The van der Waals surface area contributed by atoms with E-state index < -0.39 is 11.7 Å². The minimum atomic E-state index is -4.38. The third-order valence-corrected chi connectivity index (χ3v) is 4.31. The number of amides is 1. The number of hydrogen-bond acceptors (Lipinski definition) is 2. The van der Waals surface area contributed by atoms with Gasteiger partial charge in [-0.2, -0.15) is 13.2 Å². The molecule has 25 heavy (non-hydrogen) atoms. The molecule has 2 rings (SSSR count).